The van der Waals surface area contributed by atoms with Gasteiger partial charge in [-0.15, -0.1) is 0 Å². The Labute approximate surface area is 82.4 Å². The van der Waals surface area contributed by atoms with Crippen molar-refractivity contribution in [2.75, 3.05) is 0 Å². The summed E-state index contributed by atoms with van der Waals surface area (Å²) in [5.74, 6) is -0.300. The van der Waals surface area contributed by atoms with E-state index in [0.717, 1.165) is 0 Å². The van der Waals surface area contributed by atoms with E-state index in [9.17, 15) is 9.18 Å². The monoisotopic (exact) mass is 198 g/mol. The van der Waals surface area contributed by atoms with Crippen LogP contribution in [0.25, 0.3) is 0 Å². The van der Waals surface area contributed by atoms with Gasteiger partial charge in [-0.3, -0.25) is 4.79 Å². The van der Waals surface area contributed by atoms with Crippen LogP contribution in [0.4, 0.5) is 4.39 Å². The summed E-state index contributed by atoms with van der Waals surface area (Å²) < 4.78 is 12.7. The number of Topliss-reactive ketones (excluding diaryl/α,β-unsaturated/α-hetero) is 1. The van der Waals surface area contributed by atoms with E-state index in [-0.39, 0.29) is 23.3 Å². The summed E-state index contributed by atoms with van der Waals surface area (Å²) in [7, 11) is 0. The third kappa shape index (κ3) is 3.19. The lowest BCUT2D eigenvalue weighted by atomic mass is 10.1. The Kier molecular flexibility index (Phi) is 3.48. The van der Waals surface area contributed by atoms with Crippen molar-refractivity contribution < 1.29 is 9.18 Å². The normalized spacial score (nSPS) is 12.5. The number of carbonyl (C=O) groups is 1. The van der Waals surface area contributed by atoms with Gasteiger partial charge in [0.2, 0.25) is 0 Å². The molecular formula is C10H11FOS. The Morgan fingerprint density at radius 2 is 2.31 bits per heavy atom. The van der Waals surface area contributed by atoms with Gasteiger partial charge in [0.25, 0.3) is 0 Å². The highest BCUT2D eigenvalue weighted by molar-refractivity contribution is 7.81. The van der Waals surface area contributed by atoms with E-state index in [1.165, 1.54) is 12.1 Å². The fourth-order valence-corrected chi connectivity index (χ4v) is 1.09. The highest BCUT2D eigenvalue weighted by atomic mass is 32.1. The van der Waals surface area contributed by atoms with Crippen molar-refractivity contribution in [1.29, 1.82) is 0 Å². The molecule has 1 aromatic carbocycles. The van der Waals surface area contributed by atoms with Crippen LogP contribution in [0.15, 0.2) is 24.3 Å². The molecule has 0 saturated heterocycles. The molecule has 0 aliphatic rings. The molecule has 0 N–H and O–H groups in total. The van der Waals surface area contributed by atoms with E-state index in [1.54, 1.807) is 19.1 Å². The topological polar surface area (TPSA) is 17.1 Å². The molecule has 1 nitrogen and oxygen atoms in total. The number of carbonyl (C=O) groups excluding carboxylic acids is 1. The lowest BCUT2D eigenvalue weighted by molar-refractivity contribution is -0.117. The molecule has 0 heterocycles. The minimum atomic E-state index is -0.308. The van der Waals surface area contributed by atoms with Crippen LogP contribution in [0.3, 0.4) is 0 Å². The van der Waals surface area contributed by atoms with Gasteiger partial charge in [-0.1, -0.05) is 12.1 Å². The number of rotatable bonds is 3. The highest BCUT2D eigenvalue weighted by Crippen LogP contribution is 2.07. The predicted octanol–water partition coefficient (Wildman–Crippen LogP) is 2.26. The number of halogens is 1. The van der Waals surface area contributed by atoms with Crippen LogP contribution in [0.5, 0.6) is 0 Å². The summed E-state index contributed by atoms with van der Waals surface area (Å²) in [6, 6.07) is 6.06. The van der Waals surface area contributed by atoms with Gasteiger partial charge in [-0.25, -0.2) is 4.39 Å². The summed E-state index contributed by atoms with van der Waals surface area (Å²) in [6.45, 7) is 1.71. The van der Waals surface area contributed by atoms with Crippen LogP contribution in [0.1, 0.15) is 12.5 Å². The van der Waals surface area contributed by atoms with Crippen molar-refractivity contribution >= 4 is 18.4 Å². The molecule has 1 rings (SSSR count). The first-order chi connectivity index (χ1) is 6.09. The van der Waals surface area contributed by atoms with Crippen molar-refractivity contribution in [2.45, 2.75) is 18.6 Å². The lowest BCUT2D eigenvalue weighted by Crippen LogP contribution is -2.13. The van der Waals surface area contributed by atoms with Gasteiger partial charge in [0.1, 0.15) is 11.6 Å². The zero-order chi connectivity index (χ0) is 9.84. The van der Waals surface area contributed by atoms with Gasteiger partial charge < -0.3 is 0 Å². The Morgan fingerprint density at radius 1 is 1.62 bits per heavy atom. The van der Waals surface area contributed by atoms with E-state index in [0.29, 0.717) is 5.56 Å². The smallest absolute Gasteiger partial charge is 0.149 e. The standard InChI is InChI=1S/C10H11FOS/c1-7(13)10(12)6-8-3-2-4-9(11)5-8/h2-5,7,13H,6H2,1H3. The first-order valence-corrected chi connectivity index (χ1v) is 4.56. The number of benzene rings is 1. The zero-order valence-electron chi connectivity index (χ0n) is 7.33. The Morgan fingerprint density at radius 3 is 2.85 bits per heavy atom. The molecule has 0 spiro atoms. The molecule has 1 aromatic rings. The largest absolute Gasteiger partial charge is 0.298 e. The molecule has 3 heteroatoms. The van der Waals surface area contributed by atoms with E-state index < -0.39 is 0 Å². The average molecular weight is 198 g/mol. The third-order valence-electron chi connectivity index (χ3n) is 1.73. The van der Waals surface area contributed by atoms with E-state index in [1.807, 2.05) is 0 Å². The maximum Gasteiger partial charge on any atom is 0.149 e. The number of hydrogen-bond acceptors (Lipinski definition) is 2. The second-order valence-corrected chi connectivity index (χ2v) is 3.72. The van der Waals surface area contributed by atoms with E-state index >= 15 is 0 Å². The summed E-state index contributed by atoms with van der Waals surface area (Å²) in [6.07, 6.45) is 0.252. The fourth-order valence-electron chi connectivity index (χ4n) is 0.996. The maximum absolute atomic E-state index is 12.7. The molecule has 0 aromatic heterocycles. The predicted molar refractivity (Wildman–Crippen MR) is 53.6 cm³/mol. The summed E-state index contributed by atoms with van der Waals surface area (Å²) >= 11 is 4.01. The Hall–Kier alpha value is -0.830. The lowest BCUT2D eigenvalue weighted by Gasteiger charge is -2.03. The molecule has 0 aliphatic heterocycles. The van der Waals surface area contributed by atoms with Crippen LogP contribution < -0.4 is 0 Å². The van der Waals surface area contributed by atoms with Gasteiger partial charge in [0, 0.05) is 6.42 Å². The molecule has 0 fully saturated rings. The molecule has 70 valence electrons. The van der Waals surface area contributed by atoms with Crippen LogP contribution in [-0.4, -0.2) is 11.0 Å². The van der Waals surface area contributed by atoms with Crippen molar-refractivity contribution in [1.82, 2.24) is 0 Å². The maximum atomic E-state index is 12.7. The Balaban J connectivity index is 2.69. The molecule has 0 radical (unpaired) electrons. The zero-order valence-corrected chi connectivity index (χ0v) is 8.22. The van der Waals surface area contributed by atoms with E-state index in [4.69, 9.17) is 0 Å². The number of ketones is 1. The van der Waals surface area contributed by atoms with Crippen molar-refractivity contribution in [2.24, 2.45) is 0 Å². The molecule has 0 amide bonds. The third-order valence-corrected chi connectivity index (χ3v) is 2.02. The van der Waals surface area contributed by atoms with Crippen LogP contribution in [-0.2, 0) is 11.2 Å². The summed E-state index contributed by atoms with van der Waals surface area (Å²) in [5.41, 5.74) is 0.700. The van der Waals surface area contributed by atoms with Crippen molar-refractivity contribution in [3.8, 4) is 0 Å². The van der Waals surface area contributed by atoms with Gasteiger partial charge in [0.15, 0.2) is 0 Å². The van der Waals surface area contributed by atoms with Gasteiger partial charge in [0.05, 0.1) is 5.25 Å². The van der Waals surface area contributed by atoms with Crippen LogP contribution in [0.2, 0.25) is 0 Å². The van der Waals surface area contributed by atoms with Gasteiger partial charge >= 0.3 is 0 Å². The molecule has 0 bridgehead atoms. The van der Waals surface area contributed by atoms with Crippen LogP contribution >= 0.6 is 12.6 Å². The fraction of sp³-hybridized carbons (Fsp3) is 0.300. The number of thiol groups is 1. The van der Waals surface area contributed by atoms with Gasteiger partial charge in [-0.2, -0.15) is 12.6 Å². The molecular weight excluding hydrogens is 187 g/mol. The minimum Gasteiger partial charge on any atom is -0.298 e. The second kappa shape index (κ2) is 4.42. The highest BCUT2D eigenvalue weighted by Gasteiger charge is 2.08. The SMILES string of the molecule is CC(S)C(=O)Cc1cccc(F)c1. The van der Waals surface area contributed by atoms with Crippen molar-refractivity contribution in [3.05, 3.63) is 35.6 Å². The molecule has 1 atom stereocenters. The minimum absolute atomic E-state index is 0.00827. The number of hydrogen-bond donors (Lipinski definition) is 1. The van der Waals surface area contributed by atoms with Crippen LogP contribution in [0, 0.1) is 5.82 Å². The molecule has 13 heavy (non-hydrogen) atoms. The van der Waals surface area contributed by atoms with E-state index in [2.05, 4.69) is 12.6 Å². The van der Waals surface area contributed by atoms with Crippen molar-refractivity contribution in [3.63, 3.8) is 0 Å². The molecule has 0 aliphatic carbocycles. The quantitative estimate of drug-likeness (QED) is 0.737. The van der Waals surface area contributed by atoms with Gasteiger partial charge in [-0.05, 0) is 24.6 Å². The second-order valence-electron chi connectivity index (χ2n) is 2.95. The molecule has 0 saturated carbocycles. The summed E-state index contributed by atoms with van der Waals surface area (Å²) in [4.78, 5) is 11.2. The first-order valence-electron chi connectivity index (χ1n) is 4.05. The average Bonchev–Trinajstić information content (AvgIpc) is 2.04. The molecule has 1 unspecified atom stereocenters. The first kappa shape index (κ1) is 10.3. The Bertz CT molecular complexity index is 310. The summed E-state index contributed by atoms with van der Waals surface area (Å²) in [5, 5.41) is -0.289.